The van der Waals surface area contributed by atoms with E-state index in [1.165, 1.54) is 4.68 Å². The van der Waals surface area contributed by atoms with Crippen LogP contribution >= 0.6 is 0 Å². The van der Waals surface area contributed by atoms with E-state index in [1.54, 1.807) is 50.2 Å². The molecule has 0 saturated carbocycles. The quantitative estimate of drug-likeness (QED) is 0.554. The van der Waals surface area contributed by atoms with Gasteiger partial charge in [0.2, 0.25) is 0 Å². The molecule has 0 amide bonds. The number of carbonyl (C=O) groups excluding carboxylic acids is 1. The fraction of sp³-hybridized carbons (Fsp3) is 0.158. The van der Waals surface area contributed by atoms with Crippen molar-refractivity contribution in [1.82, 2.24) is 9.78 Å². The van der Waals surface area contributed by atoms with Gasteiger partial charge in [0, 0.05) is 0 Å². The molecule has 0 radical (unpaired) electrons. The second kappa shape index (κ2) is 7.60. The van der Waals surface area contributed by atoms with Crippen molar-refractivity contribution in [2.45, 2.75) is 20.0 Å². The summed E-state index contributed by atoms with van der Waals surface area (Å²) in [4.78, 5) is 25.1. The minimum atomic E-state index is -0.659. The van der Waals surface area contributed by atoms with E-state index in [-0.39, 0.29) is 17.5 Å². The van der Waals surface area contributed by atoms with Crippen LogP contribution in [0.1, 0.15) is 24.3 Å². The third-order valence-electron chi connectivity index (χ3n) is 3.45. The number of rotatable bonds is 5. The monoisotopic (exact) mass is 350 g/mol. The molecule has 0 saturated heterocycles. The molecular weight excluding hydrogens is 332 g/mol. The summed E-state index contributed by atoms with van der Waals surface area (Å²) < 4.78 is 6.46. The first-order chi connectivity index (χ1) is 12.6. The van der Waals surface area contributed by atoms with E-state index in [9.17, 15) is 9.59 Å². The largest absolute Gasteiger partial charge is 0.458 e. The Bertz CT molecular complexity index is 973. The van der Waals surface area contributed by atoms with Gasteiger partial charge >= 0.3 is 5.97 Å². The van der Waals surface area contributed by atoms with E-state index in [2.05, 4.69) is 15.3 Å². The Morgan fingerprint density at radius 2 is 1.62 bits per heavy atom. The normalized spacial score (nSPS) is 11.2. The molecule has 1 aromatic heterocycles. The lowest BCUT2D eigenvalue weighted by Gasteiger charge is -2.06. The number of ether oxygens (including phenoxy) is 1. The Morgan fingerprint density at radius 3 is 2.23 bits per heavy atom. The van der Waals surface area contributed by atoms with E-state index in [0.29, 0.717) is 11.4 Å². The minimum Gasteiger partial charge on any atom is -0.458 e. The van der Waals surface area contributed by atoms with Crippen LogP contribution in [0.2, 0.25) is 0 Å². The molecule has 7 nitrogen and oxygen atoms in total. The SMILES string of the molecule is CC(C)OC(=O)c1[nH]n(-c2ccccc2)c(=O)c1N=Nc1ccccc1. The van der Waals surface area contributed by atoms with Crippen molar-refractivity contribution >= 4 is 17.3 Å². The highest BCUT2D eigenvalue weighted by molar-refractivity contribution is 5.92. The van der Waals surface area contributed by atoms with E-state index < -0.39 is 11.5 Å². The molecule has 0 aliphatic heterocycles. The van der Waals surface area contributed by atoms with Crippen LogP contribution in [0.4, 0.5) is 11.4 Å². The highest BCUT2D eigenvalue weighted by atomic mass is 16.5. The Morgan fingerprint density at radius 1 is 1.00 bits per heavy atom. The first-order valence-electron chi connectivity index (χ1n) is 8.14. The van der Waals surface area contributed by atoms with E-state index in [4.69, 9.17) is 4.74 Å². The summed E-state index contributed by atoms with van der Waals surface area (Å²) >= 11 is 0. The number of hydrogen-bond acceptors (Lipinski definition) is 5. The van der Waals surface area contributed by atoms with Crippen LogP contribution in [0.15, 0.2) is 75.7 Å². The fourth-order valence-electron chi connectivity index (χ4n) is 2.30. The predicted molar refractivity (Wildman–Crippen MR) is 97.6 cm³/mol. The van der Waals surface area contributed by atoms with Crippen molar-refractivity contribution in [2.24, 2.45) is 10.2 Å². The molecule has 3 aromatic rings. The summed E-state index contributed by atoms with van der Waals surface area (Å²) in [6.07, 6.45) is -0.329. The van der Waals surface area contributed by atoms with Crippen molar-refractivity contribution < 1.29 is 9.53 Å². The number of nitrogens with one attached hydrogen (secondary N) is 1. The Balaban J connectivity index is 2.08. The Hall–Kier alpha value is -3.48. The van der Waals surface area contributed by atoms with Crippen LogP contribution in [-0.4, -0.2) is 21.9 Å². The number of azo groups is 1. The molecule has 0 spiro atoms. The number of aromatic amines is 1. The molecule has 0 aliphatic carbocycles. The Kier molecular flexibility index (Phi) is 5.07. The lowest BCUT2D eigenvalue weighted by atomic mass is 10.3. The molecule has 0 unspecified atom stereocenters. The smallest absolute Gasteiger partial charge is 0.359 e. The molecule has 2 aromatic carbocycles. The number of carbonyl (C=O) groups is 1. The number of hydrogen-bond donors (Lipinski definition) is 1. The molecule has 132 valence electrons. The second-order valence-electron chi connectivity index (χ2n) is 5.80. The standard InChI is InChI=1S/C19H18N4O3/c1-13(2)26-19(25)17-16(21-20-14-9-5-3-6-10-14)18(24)23(22-17)15-11-7-4-8-12-15/h3-13,22H,1-2H3. The molecule has 0 atom stereocenters. The molecule has 7 heteroatoms. The molecule has 1 N–H and O–H groups in total. The fourth-order valence-corrected chi connectivity index (χ4v) is 2.30. The molecule has 1 heterocycles. The van der Waals surface area contributed by atoms with E-state index in [1.807, 2.05) is 24.3 Å². The van der Waals surface area contributed by atoms with Crippen LogP contribution < -0.4 is 5.56 Å². The van der Waals surface area contributed by atoms with Gasteiger partial charge in [-0.25, -0.2) is 9.48 Å². The number of esters is 1. The lowest BCUT2D eigenvalue weighted by molar-refractivity contribution is 0.0371. The maximum Gasteiger partial charge on any atom is 0.359 e. The average Bonchev–Trinajstić information content (AvgIpc) is 2.98. The van der Waals surface area contributed by atoms with Crippen molar-refractivity contribution in [3.05, 3.63) is 76.7 Å². The van der Waals surface area contributed by atoms with Crippen LogP contribution in [0, 0.1) is 0 Å². The van der Waals surface area contributed by atoms with Crippen molar-refractivity contribution in [3.63, 3.8) is 0 Å². The number of aromatic nitrogens is 2. The highest BCUT2D eigenvalue weighted by Gasteiger charge is 2.23. The minimum absolute atomic E-state index is 0.0350. The summed E-state index contributed by atoms with van der Waals surface area (Å²) in [6, 6.07) is 17.9. The summed E-state index contributed by atoms with van der Waals surface area (Å²) in [5, 5.41) is 10.8. The van der Waals surface area contributed by atoms with Crippen molar-refractivity contribution in [3.8, 4) is 5.69 Å². The van der Waals surface area contributed by atoms with Gasteiger partial charge in [0.25, 0.3) is 5.56 Å². The number of nitrogens with zero attached hydrogens (tertiary/aromatic N) is 3. The molecule has 3 rings (SSSR count). The summed E-state index contributed by atoms with van der Waals surface area (Å²) in [6.45, 7) is 3.46. The maximum atomic E-state index is 12.8. The number of benzene rings is 2. The van der Waals surface area contributed by atoms with Gasteiger partial charge in [-0.1, -0.05) is 36.4 Å². The lowest BCUT2D eigenvalue weighted by Crippen LogP contribution is -2.14. The van der Waals surface area contributed by atoms with Gasteiger partial charge in [0.05, 0.1) is 17.5 Å². The van der Waals surface area contributed by atoms with Gasteiger partial charge in [-0.3, -0.25) is 9.89 Å². The van der Waals surface area contributed by atoms with Crippen molar-refractivity contribution in [2.75, 3.05) is 0 Å². The summed E-state index contributed by atoms with van der Waals surface area (Å²) in [5.41, 5.74) is 0.543. The van der Waals surface area contributed by atoms with Crippen LogP contribution in [0.5, 0.6) is 0 Å². The third-order valence-corrected chi connectivity index (χ3v) is 3.45. The zero-order valence-electron chi connectivity index (χ0n) is 14.4. The Labute approximate surface area is 149 Å². The van der Waals surface area contributed by atoms with Crippen molar-refractivity contribution in [1.29, 1.82) is 0 Å². The van der Waals surface area contributed by atoms with Gasteiger partial charge in [-0.2, -0.15) is 5.11 Å². The maximum absolute atomic E-state index is 12.8. The molecule has 0 fully saturated rings. The zero-order valence-corrected chi connectivity index (χ0v) is 14.4. The number of para-hydroxylation sites is 1. The van der Waals surface area contributed by atoms with Gasteiger partial charge < -0.3 is 4.74 Å². The predicted octanol–water partition coefficient (Wildman–Crippen LogP) is 4.15. The van der Waals surface area contributed by atoms with Gasteiger partial charge in [0.1, 0.15) is 0 Å². The zero-order chi connectivity index (χ0) is 18.5. The number of H-pyrrole nitrogens is 1. The van der Waals surface area contributed by atoms with Crippen LogP contribution in [-0.2, 0) is 4.74 Å². The van der Waals surface area contributed by atoms with Gasteiger partial charge in [-0.15, -0.1) is 5.11 Å². The van der Waals surface area contributed by atoms with E-state index >= 15 is 0 Å². The van der Waals surface area contributed by atoms with Gasteiger partial charge in [0.15, 0.2) is 11.4 Å². The van der Waals surface area contributed by atoms with Crippen LogP contribution in [0.3, 0.4) is 0 Å². The second-order valence-corrected chi connectivity index (χ2v) is 5.80. The topological polar surface area (TPSA) is 88.8 Å². The first kappa shape index (κ1) is 17.3. The molecule has 26 heavy (non-hydrogen) atoms. The first-order valence-corrected chi connectivity index (χ1v) is 8.14. The molecular formula is C19H18N4O3. The van der Waals surface area contributed by atoms with Gasteiger partial charge in [-0.05, 0) is 38.1 Å². The van der Waals surface area contributed by atoms with Crippen LogP contribution in [0.25, 0.3) is 5.69 Å². The molecule has 0 aliphatic rings. The third kappa shape index (κ3) is 3.77. The summed E-state index contributed by atoms with van der Waals surface area (Å²) in [5.74, 6) is -0.659. The highest BCUT2D eigenvalue weighted by Crippen LogP contribution is 2.20. The average molecular weight is 350 g/mol. The summed E-state index contributed by atoms with van der Waals surface area (Å²) in [7, 11) is 0. The van der Waals surface area contributed by atoms with E-state index in [0.717, 1.165) is 0 Å². The molecule has 0 bridgehead atoms.